The summed E-state index contributed by atoms with van der Waals surface area (Å²) in [6.07, 6.45) is 2.48. The zero-order valence-corrected chi connectivity index (χ0v) is 12.5. The lowest BCUT2D eigenvalue weighted by Gasteiger charge is -2.34. The lowest BCUT2D eigenvalue weighted by atomic mass is 10.3. The maximum atomic E-state index is 11.9. The average molecular weight is 291 g/mol. The second-order valence-corrected chi connectivity index (χ2v) is 4.99. The Kier molecular flexibility index (Phi) is 5.08. The maximum absolute atomic E-state index is 11.9. The van der Waals surface area contributed by atoms with Gasteiger partial charge >= 0.3 is 0 Å². The van der Waals surface area contributed by atoms with E-state index < -0.39 is 0 Å². The lowest BCUT2D eigenvalue weighted by molar-refractivity contribution is -0.129. The number of hydrogen-bond acceptors (Lipinski definition) is 5. The Morgan fingerprint density at radius 3 is 2.62 bits per heavy atom. The van der Waals surface area contributed by atoms with E-state index in [1.54, 1.807) is 24.1 Å². The number of hydrogen-bond donors (Lipinski definition) is 1. The second-order valence-electron chi connectivity index (χ2n) is 4.99. The fourth-order valence-corrected chi connectivity index (χ4v) is 2.18. The van der Waals surface area contributed by atoms with Crippen LogP contribution >= 0.6 is 0 Å². The molecule has 0 spiro atoms. The summed E-state index contributed by atoms with van der Waals surface area (Å²) in [6, 6.07) is 1.61. The molecule has 1 fully saturated rings. The molecular formula is C14H21N5O2. The second kappa shape index (κ2) is 7.01. The van der Waals surface area contributed by atoms with Gasteiger partial charge in [0.15, 0.2) is 0 Å². The zero-order valence-electron chi connectivity index (χ0n) is 12.5. The first-order chi connectivity index (χ1) is 10.1. The van der Waals surface area contributed by atoms with Gasteiger partial charge in [-0.3, -0.25) is 9.59 Å². The molecule has 0 aliphatic carbocycles. The van der Waals surface area contributed by atoms with Crippen LogP contribution in [0.25, 0.3) is 0 Å². The maximum Gasteiger partial charge on any atom is 0.270 e. The third-order valence-corrected chi connectivity index (χ3v) is 3.42. The highest BCUT2D eigenvalue weighted by molar-refractivity contribution is 5.92. The summed E-state index contributed by atoms with van der Waals surface area (Å²) in [5.41, 5.74) is 0.377. The molecule has 7 heteroatoms. The van der Waals surface area contributed by atoms with Crippen molar-refractivity contribution in [3.63, 3.8) is 0 Å². The molecule has 1 aliphatic heterocycles. The summed E-state index contributed by atoms with van der Waals surface area (Å²) in [6.45, 7) is 6.88. The molecule has 1 saturated heterocycles. The molecule has 2 rings (SSSR count). The highest BCUT2D eigenvalue weighted by Crippen LogP contribution is 2.11. The molecule has 0 saturated carbocycles. The molecule has 1 aliphatic rings. The van der Waals surface area contributed by atoms with Crippen molar-refractivity contribution in [1.29, 1.82) is 0 Å². The van der Waals surface area contributed by atoms with Crippen LogP contribution in [0.1, 0.15) is 30.8 Å². The number of aromatic nitrogens is 2. The highest BCUT2D eigenvalue weighted by Gasteiger charge is 2.21. The van der Waals surface area contributed by atoms with Gasteiger partial charge in [-0.1, -0.05) is 6.92 Å². The quantitative estimate of drug-likeness (QED) is 0.862. The highest BCUT2D eigenvalue weighted by atomic mass is 16.2. The van der Waals surface area contributed by atoms with Gasteiger partial charge in [0.2, 0.25) is 11.9 Å². The molecule has 7 nitrogen and oxygen atoms in total. The molecule has 1 aromatic heterocycles. The number of nitrogens with zero attached hydrogens (tertiary/aromatic N) is 4. The van der Waals surface area contributed by atoms with Gasteiger partial charge in [-0.05, 0) is 12.5 Å². The Hall–Kier alpha value is -2.18. The van der Waals surface area contributed by atoms with Crippen molar-refractivity contribution in [2.24, 2.45) is 0 Å². The van der Waals surface area contributed by atoms with Gasteiger partial charge in [0, 0.05) is 45.8 Å². The molecule has 0 unspecified atom stereocenters. The number of rotatable bonds is 4. The van der Waals surface area contributed by atoms with Crippen LogP contribution in [0.4, 0.5) is 5.95 Å². The number of nitrogens with one attached hydrogen (secondary N) is 1. The Bertz CT molecular complexity index is 512. The third-order valence-electron chi connectivity index (χ3n) is 3.42. The van der Waals surface area contributed by atoms with E-state index in [1.807, 2.05) is 11.8 Å². The van der Waals surface area contributed by atoms with E-state index >= 15 is 0 Å². The van der Waals surface area contributed by atoms with Crippen molar-refractivity contribution in [2.45, 2.75) is 20.3 Å². The van der Waals surface area contributed by atoms with Gasteiger partial charge in [0.05, 0.1) is 0 Å². The summed E-state index contributed by atoms with van der Waals surface area (Å²) < 4.78 is 0. The van der Waals surface area contributed by atoms with Gasteiger partial charge in [-0.15, -0.1) is 0 Å². The Labute approximate surface area is 124 Å². The van der Waals surface area contributed by atoms with Gasteiger partial charge in [-0.2, -0.15) is 0 Å². The Balaban J connectivity index is 2.01. The minimum atomic E-state index is -0.178. The molecule has 1 aromatic rings. The van der Waals surface area contributed by atoms with Crippen molar-refractivity contribution in [1.82, 2.24) is 20.2 Å². The van der Waals surface area contributed by atoms with Crippen LogP contribution in [-0.2, 0) is 4.79 Å². The third kappa shape index (κ3) is 3.90. The lowest BCUT2D eigenvalue weighted by Crippen LogP contribution is -2.48. The predicted octanol–water partition coefficient (Wildman–Crippen LogP) is 0.285. The van der Waals surface area contributed by atoms with Crippen LogP contribution < -0.4 is 10.2 Å². The molecule has 0 radical (unpaired) electrons. The van der Waals surface area contributed by atoms with E-state index in [1.165, 1.54) is 0 Å². The largest absolute Gasteiger partial charge is 0.351 e. The van der Waals surface area contributed by atoms with E-state index in [0.717, 1.165) is 6.42 Å². The Morgan fingerprint density at radius 2 is 2.00 bits per heavy atom. The smallest absolute Gasteiger partial charge is 0.270 e. The number of carbonyl (C=O) groups is 2. The SMILES string of the molecule is CCCNC(=O)c1ccnc(N2CCN(C(C)=O)CC2)n1. The first kappa shape index (κ1) is 15.2. The van der Waals surface area contributed by atoms with Crippen molar-refractivity contribution >= 4 is 17.8 Å². The summed E-state index contributed by atoms with van der Waals surface area (Å²) in [7, 11) is 0. The van der Waals surface area contributed by atoms with Crippen LogP contribution in [-0.4, -0.2) is 59.4 Å². The van der Waals surface area contributed by atoms with Crippen molar-refractivity contribution < 1.29 is 9.59 Å². The summed E-state index contributed by atoms with van der Waals surface area (Å²) >= 11 is 0. The molecule has 0 bridgehead atoms. The normalized spacial score (nSPS) is 15.0. The van der Waals surface area contributed by atoms with Gasteiger partial charge < -0.3 is 15.1 Å². The van der Waals surface area contributed by atoms with E-state index in [0.29, 0.717) is 44.4 Å². The number of piperazine rings is 1. The molecule has 114 valence electrons. The summed E-state index contributed by atoms with van der Waals surface area (Å²) in [5.74, 6) is 0.452. The fourth-order valence-electron chi connectivity index (χ4n) is 2.18. The standard InChI is InChI=1S/C14H21N5O2/c1-3-5-15-13(21)12-4-6-16-14(17-12)19-9-7-18(8-10-19)11(2)20/h4,6H,3,5,7-10H2,1-2H3,(H,15,21). The zero-order chi connectivity index (χ0) is 15.2. The number of carbonyl (C=O) groups excluding carboxylic acids is 2. The van der Waals surface area contributed by atoms with Crippen LogP contribution in [0.15, 0.2) is 12.3 Å². The molecule has 21 heavy (non-hydrogen) atoms. The van der Waals surface area contributed by atoms with Crippen LogP contribution in [0.3, 0.4) is 0 Å². The summed E-state index contributed by atoms with van der Waals surface area (Å²) in [4.78, 5) is 35.6. The molecule has 0 aromatic carbocycles. The number of anilines is 1. The molecule has 0 atom stereocenters. The fraction of sp³-hybridized carbons (Fsp3) is 0.571. The minimum Gasteiger partial charge on any atom is -0.351 e. The molecular weight excluding hydrogens is 270 g/mol. The number of amides is 2. The first-order valence-electron chi connectivity index (χ1n) is 7.23. The molecule has 2 amide bonds. The van der Waals surface area contributed by atoms with Crippen LogP contribution in [0.2, 0.25) is 0 Å². The molecule has 1 N–H and O–H groups in total. The van der Waals surface area contributed by atoms with Crippen molar-refractivity contribution in [2.75, 3.05) is 37.6 Å². The molecule has 2 heterocycles. The summed E-state index contributed by atoms with van der Waals surface area (Å²) in [5, 5.41) is 2.80. The predicted molar refractivity (Wildman–Crippen MR) is 79.1 cm³/mol. The van der Waals surface area contributed by atoms with Crippen molar-refractivity contribution in [3.05, 3.63) is 18.0 Å². The topological polar surface area (TPSA) is 78.4 Å². The van der Waals surface area contributed by atoms with E-state index in [-0.39, 0.29) is 11.8 Å². The van der Waals surface area contributed by atoms with Gasteiger partial charge in [-0.25, -0.2) is 9.97 Å². The average Bonchev–Trinajstić information content (AvgIpc) is 2.52. The van der Waals surface area contributed by atoms with Crippen molar-refractivity contribution in [3.8, 4) is 0 Å². The Morgan fingerprint density at radius 1 is 1.29 bits per heavy atom. The minimum absolute atomic E-state index is 0.0864. The van der Waals surface area contributed by atoms with Gasteiger partial charge in [0.25, 0.3) is 5.91 Å². The van der Waals surface area contributed by atoms with E-state index in [9.17, 15) is 9.59 Å². The van der Waals surface area contributed by atoms with E-state index in [4.69, 9.17) is 0 Å². The van der Waals surface area contributed by atoms with Gasteiger partial charge in [0.1, 0.15) is 5.69 Å². The van der Waals surface area contributed by atoms with Crippen LogP contribution in [0, 0.1) is 0 Å². The monoisotopic (exact) mass is 291 g/mol. The van der Waals surface area contributed by atoms with Crippen LogP contribution in [0.5, 0.6) is 0 Å². The first-order valence-corrected chi connectivity index (χ1v) is 7.23. The van der Waals surface area contributed by atoms with E-state index in [2.05, 4.69) is 15.3 Å².